The predicted octanol–water partition coefficient (Wildman–Crippen LogP) is 0.937. The number of carbonyl (C=O) groups is 1. The molecule has 1 aromatic rings. The minimum atomic E-state index is -0.401. The molecule has 1 heterocycles. The van der Waals surface area contributed by atoms with Crippen LogP contribution in [0.1, 0.15) is 19.4 Å². The van der Waals surface area contributed by atoms with Crippen LogP contribution in [-0.2, 0) is 18.4 Å². The lowest BCUT2D eigenvalue weighted by Gasteiger charge is -2.25. The second-order valence-corrected chi connectivity index (χ2v) is 5.31. The Hall–Kier alpha value is -1.43. The highest BCUT2D eigenvalue weighted by Gasteiger charge is 2.27. The molecule has 1 rings (SSSR count). The summed E-state index contributed by atoms with van der Waals surface area (Å²) in [7, 11) is 3.60. The molecule has 0 aliphatic rings. The fraction of sp³-hybridized carbons (Fsp3) is 0.583. The van der Waals surface area contributed by atoms with Gasteiger partial charge in [-0.3, -0.25) is 9.48 Å². The first-order valence-corrected chi connectivity index (χ1v) is 6.25. The number of nitrogens with zero attached hydrogens (tertiary/aromatic N) is 3. The molecule has 0 aliphatic carbocycles. The average Bonchev–Trinajstić information content (AvgIpc) is 2.62. The van der Waals surface area contributed by atoms with Gasteiger partial charge in [-0.05, 0) is 5.92 Å². The van der Waals surface area contributed by atoms with E-state index < -0.39 is 5.92 Å². The molecule has 1 amide bonds. The summed E-state index contributed by atoms with van der Waals surface area (Å²) in [5.74, 6) is -0.339. The van der Waals surface area contributed by atoms with Gasteiger partial charge in [0.25, 0.3) is 0 Å². The molecule has 0 saturated carbocycles. The molecule has 0 bridgehead atoms. The van der Waals surface area contributed by atoms with Gasteiger partial charge < -0.3 is 10.6 Å². The van der Waals surface area contributed by atoms with Crippen LogP contribution in [0.4, 0.5) is 0 Å². The minimum absolute atomic E-state index is 0.0404. The van der Waals surface area contributed by atoms with Gasteiger partial charge in [-0.25, -0.2) is 0 Å². The summed E-state index contributed by atoms with van der Waals surface area (Å²) in [6.07, 6.45) is 3.63. The maximum Gasteiger partial charge on any atom is 0.232 e. The van der Waals surface area contributed by atoms with Crippen molar-refractivity contribution in [3.63, 3.8) is 0 Å². The van der Waals surface area contributed by atoms with Gasteiger partial charge in [0.1, 0.15) is 0 Å². The van der Waals surface area contributed by atoms with Gasteiger partial charge in [-0.1, -0.05) is 26.1 Å². The smallest absolute Gasteiger partial charge is 0.232 e. The molecule has 0 radical (unpaired) electrons. The van der Waals surface area contributed by atoms with Gasteiger partial charge in [0.05, 0.1) is 17.1 Å². The predicted molar refractivity (Wildman–Crippen MR) is 74.8 cm³/mol. The lowest BCUT2D eigenvalue weighted by molar-refractivity contribution is -0.133. The standard InChI is InChI=1S/C12H20N4OS/c1-8(2)10(11(13)18)12(17)15(3)6-9-5-14-16(4)7-9/h5,7-8,10H,6H2,1-4H3,(H2,13,18). The Morgan fingerprint density at radius 2 is 2.22 bits per heavy atom. The van der Waals surface area contributed by atoms with Crippen molar-refractivity contribution in [1.82, 2.24) is 14.7 Å². The summed E-state index contributed by atoms with van der Waals surface area (Å²) < 4.78 is 1.71. The zero-order chi connectivity index (χ0) is 13.9. The van der Waals surface area contributed by atoms with Crippen LogP contribution in [-0.4, -0.2) is 32.6 Å². The van der Waals surface area contributed by atoms with Crippen molar-refractivity contribution in [3.05, 3.63) is 18.0 Å². The van der Waals surface area contributed by atoms with Crippen LogP contribution in [0.25, 0.3) is 0 Å². The fourth-order valence-electron chi connectivity index (χ4n) is 1.88. The Bertz CT molecular complexity index is 441. The van der Waals surface area contributed by atoms with E-state index in [9.17, 15) is 4.79 Å². The number of hydrogen-bond acceptors (Lipinski definition) is 3. The molecule has 1 unspecified atom stereocenters. The number of thiocarbonyl (C=S) groups is 1. The third-order valence-corrected chi connectivity index (χ3v) is 3.05. The van der Waals surface area contributed by atoms with Crippen molar-refractivity contribution in [2.75, 3.05) is 7.05 Å². The van der Waals surface area contributed by atoms with Crippen LogP contribution in [0.2, 0.25) is 0 Å². The summed E-state index contributed by atoms with van der Waals surface area (Å²) in [4.78, 5) is 14.2. The molecule has 18 heavy (non-hydrogen) atoms. The summed E-state index contributed by atoms with van der Waals surface area (Å²) in [6.45, 7) is 4.40. The quantitative estimate of drug-likeness (QED) is 0.807. The van der Waals surface area contributed by atoms with E-state index >= 15 is 0 Å². The van der Waals surface area contributed by atoms with Crippen molar-refractivity contribution < 1.29 is 4.79 Å². The highest BCUT2D eigenvalue weighted by Crippen LogP contribution is 2.15. The molecule has 1 aromatic heterocycles. The van der Waals surface area contributed by atoms with E-state index in [0.717, 1.165) is 5.56 Å². The van der Waals surface area contributed by atoms with Crippen LogP contribution in [0.3, 0.4) is 0 Å². The molecule has 0 saturated heterocycles. The lowest BCUT2D eigenvalue weighted by atomic mass is 9.94. The Morgan fingerprint density at radius 3 is 2.61 bits per heavy atom. The van der Waals surface area contributed by atoms with Gasteiger partial charge in [0.2, 0.25) is 5.91 Å². The van der Waals surface area contributed by atoms with Gasteiger partial charge in [0.15, 0.2) is 0 Å². The monoisotopic (exact) mass is 268 g/mol. The van der Waals surface area contributed by atoms with Gasteiger partial charge in [0, 0.05) is 32.4 Å². The van der Waals surface area contributed by atoms with E-state index in [1.807, 2.05) is 27.1 Å². The normalized spacial score (nSPS) is 12.5. The minimum Gasteiger partial charge on any atom is -0.393 e. The summed E-state index contributed by atoms with van der Waals surface area (Å²) in [5, 5.41) is 4.07. The Morgan fingerprint density at radius 1 is 1.61 bits per heavy atom. The van der Waals surface area contributed by atoms with Gasteiger partial charge in [-0.15, -0.1) is 0 Å². The van der Waals surface area contributed by atoms with E-state index in [2.05, 4.69) is 5.10 Å². The second-order valence-electron chi connectivity index (χ2n) is 4.84. The molecule has 6 heteroatoms. The Kier molecular flexibility index (Phi) is 4.84. The molecule has 0 aliphatic heterocycles. The third kappa shape index (κ3) is 3.53. The van der Waals surface area contributed by atoms with Crippen molar-refractivity contribution in [2.45, 2.75) is 20.4 Å². The topological polar surface area (TPSA) is 64.2 Å². The average molecular weight is 268 g/mol. The number of aromatic nitrogens is 2. The number of hydrogen-bond donors (Lipinski definition) is 1. The number of amides is 1. The SMILES string of the molecule is CC(C)C(C(=O)N(C)Cc1cnn(C)c1)C(N)=S. The zero-order valence-electron chi connectivity index (χ0n) is 11.3. The largest absolute Gasteiger partial charge is 0.393 e. The molecule has 100 valence electrons. The highest BCUT2D eigenvalue weighted by atomic mass is 32.1. The lowest BCUT2D eigenvalue weighted by Crippen LogP contribution is -2.41. The van der Waals surface area contributed by atoms with E-state index in [1.54, 1.807) is 22.8 Å². The molecule has 5 nitrogen and oxygen atoms in total. The highest BCUT2D eigenvalue weighted by molar-refractivity contribution is 7.80. The van der Waals surface area contributed by atoms with Crippen LogP contribution in [0, 0.1) is 11.8 Å². The van der Waals surface area contributed by atoms with E-state index in [4.69, 9.17) is 18.0 Å². The van der Waals surface area contributed by atoms with E-state index in [-0.39, 0.29) is 16.8 Å². The van der Waals surface area contributed by atoms with Crippen LogP contribution in [0.15, 0.2) is 12.4 Å². The number of nitrogens with two attached hydrogens (primary N) is 1. The van der Waals surface area contributed by atoms with Crippen molar-refractivity contribution in [1.29, 1.82) is 0 Å². The summed E-state index contributed by atoms with van der Waals surface area (Å²) in [6, 6.07) is 0. The first-order valence-electron chi connectivity index (χ1n) is 5.84. The number of carbonyl (C=O) groups excluding carboxylic acids is 1. The van der Waals surface area contributed by atoms with Crippen LogP contribution < -0.4 is 5.73 Å². The number of rotatable bonds is 5. The molecule has 0 aromatic carbocycles. The molecule has 1 atom stereocenters. The first-order chi connectivity index (χ1) is 8.32. The molecular weight excluding hydrogens is 248 g/mol. The second kappa shape index (κ2) is 5.95. The Labute approximate surface area is 113 Å². The third-order valence-electron chi connectivity index (χ3n) is 2.79. The van der Waals surface area contributed by atoms with Crippen LogP contribution >= 0.6 is 12.2 Å². The summed E-state index contributed by atoms with van der Waals surface area (Å²) in [5.41, 5.74) is 6.63. The van der Waals surface area contributed by atoms with E-state index in [0.29, 0.717) is 6.54 Å². The molecule has 0 spiro atoms. The van der Waals surface area contributed by atoms with Crippen molar-refractivity contribution in [2.24, 2.45) is 24.6 Å². The van der Waals surface area contributed by atoms with Gasteiger partial charge >= 0.3 is 0 Å². The number of aryl methyl sites for hydroxylation is 1. The van der Waals surface area contributed by atoms with Gasteiger partial charge in [-0.2, -0.15) is 5.10 Å². The van der Waals surface area contributed by atoms with Crippen molar-refractivity contribution in [3.8, 4) is 0 Å². The van der Waals surface area contributed by atoms with Crippen LogP contribution in [0.5, 0.6) is 0 Å². The molecule has 0 fully saturated rings. The Balaban J connectivity index is 2.73. The van der Waals surface area contributed by atoms with Crippen molar-refractivity contribution >= 4 is 23.1 Å². The maximum atomic E-state index is 12.3. The molecular formula is C12H20N4OS. The zero-order valence-corrected chi connectivity index (χ0v) is 12.1. The van der Waals surface area contributed by atoms with E-state index in [1.165, 1.54) is 0 Å². The molecule has 2 N–H and O–H groups in total. The maximum absolute atomic E-state index is 12.3. The fourth-order valence-corrected chi connectivity index (χ4v) is 2.25. The first kappa shape index (κ1) is 14.6. The summed E-state index contributed by atoms with van der Waals surface area (Å²) >= 11 is 4.97.